The number of phenols is 2. The van der Waals surface area contributed by atoms with Gasteiger partial charge in [0.1, 0.15) is 11.5 Å². The van der Waals surface area contributed by atoms with Gasteiger partial charge in [0.05, 0.1) is 0 Å². The Labute approximate surface area is 208 Å². The summed E-state index contributed by atoms with van der Waals surface area (Å²) in [6, 6.07) is 40.8. The minimum absolute atomic E-state index is 0.274. The van der Waals surface area contributed by atoms with Crippen molar-refractivity contribution in [2.45, 2.75) is 0 Å². The van der Waals surface area contributed by atoms with Gasteiger partial charge in [0.15, 0.2) is 0 Å². The first-order valence-electron chi connectivity index (χ1n) is 12.1. The number of hydrogen-bond donors (Lipinski definition) is 2. The topological polar surface area (TPSA) is 40.5 Å². The molecule has 0 aromatic heterocycles. The summed E-state index contributed by atoms with van der Waals surface area (Å²) in [7, 11) is 0. The summed E-state index contributed by atoms with van der Waals surface area (Å²) < 4.78 is 0. The average molecular weight is 463 g/mol. The van der Waals surface area contributed by atoms with E-state index in [4.69, 9.17) is 0 Å². The summed E-state index contributed by atoms with van der Waals surface area (Å²) in [6.45, 7) is 0. The third-order valence-corrected chi connectivity index (χ3v) is 7.27. The first kappa shape index (κ1) is 20.5. The van der Waals surface area contributed by atoms with E-state index in [1.807, 2.05) is 36.4 Å². The van der Waals surface area contributed by atoms with Crippen LogP contribution in [0.25, 0.3) is 65.3 Å². The van der Waals surface area contributed by atoms with Crippen molar-refractivity contribution in [3.63, 3.8) is 0 Å². The molecule has 0 saturated carbocycles. The van der Waals surface area contributed by atoms with E-state index in [1.165, 1.54) is 10.8 Å². The van der Waals surface area contributed by atoms with Crippen molar-refractivity contribution in [3.8, 4) is 33.8 Å². The highest BCUT2D eigenvalue weighted by Crippen LogP contribution is 2.48. The van der Waals surface area contributed by atoms with Gasteiger partial charge in [0, 0.05) is 10.8 Å². The molecule has 7 aromatic carbocycles. The number of hydrogen-bond acceptors (Lipinski definition) is 2. The first-order valence-corrected chi connectivity index (χ1v) is 12.1. The Kier molecular flexibility index (Phi) is 4.49. The fourth-order valence-electron chi connectivity index (χ4n) is 5.72. The fourth-order valence-corrected chi connectivity index (χ4v) is 5.72. The summed E-state index contributed by atoms with van der Waals surface area (Å²) in [5.74, 6) is 0.548. The molecule has 0 aliphatic carbocycles. The highest BCUT2D eigenvalue weighted by atomic mass is 16.3. The monoisotopic (exact) mass is 462 g/mol. The second-order valence-corrected chi connectivity index (χ2v) is 9.20. The Morgan fingerprint density at radius 2 is 0.611 bits per heavy atom. The van der Waals surface area contributed by atoms with Crippen LogP contribution in [0, 0.1) is 0 Å². The second kappa shape index (κ2) is 7.86. The van der Waals surface area contributed by atoms with Crippen LogP contribution in [0.4, 0.5) is 0 Å². The van der Waals surface area contributed by atoms with E-state index < -0.39 is 0 Å². The van der Waals surface area contributed by atoms with E-state index in [9.17, 15) is 10.2 Å². The van der Waals surface area contributed by atoms with Gasteiger partial charge in [-0.25, -0.2) is 0 Å². The van der Waals surface area contributed by atoms with Crippen molar-refractivity contribution in [2.75, 3.05) is 0 Å². The van der Waals surface area contributed by atoms with E-state index in [1.54, 1.807) is 12.1 Å². The second-order valence-electron chi connectivity index (χ2n) is 9.20. The van der Waals surface area contributed by atoms with E-state index in [2.05, 4.69) is 72.8 Å². The molecule has 0 fully saturated rings. The summed E-state index contributed by atoms with van der Waals surface area (Å²) >= 11 is 0. The van der Waals surface area contributed by atoms with Crippen molar-refractivity contribution in [3.05, 3.63) is 121 Å². The Morgan fingerprint density at radius 1 is 0.278 bits per heavy atom. The molecule has 7 rings (SSSR count). The molecule has 2 nitrogen and oxygen atoms in total. The normalized spacial score (nSPS) is 11.6. The number of benzene rings is 7. The lowest BCUT2D eigenvalue weighted by atomic mass is 9.82. The quantitative estimate of drug-likeness (QED) is 0.252. The van der Waals surface area contributed by atoms with E-state index in [0.29, 0.717) is 0 Å². The maximum absolute atomic E-state index is 10.7. The molecule has 0 radical (unpaired) electrons. The molecular formula is C34H22O2. The van der Waals surface area contributed by atoms with Gasteiger partial charge in [-0.3, -0.25) is 0 Å². The van der Waals surface area contributed by atoms with Crippen molar-refractivity contribution >= 4 is 43.1 Å². The van der Waals surface area contributed by atoms with E-state index in [0.717, 1.165) is 54.6 Å². The van der Waals surface area contributed by atoms with Crippen LogP contribution in [0.5, 0.6) is 11.5 Å². The highest BCUT2D eigenvalue weighted by molar-refractivity contribution is 6.25. The smallest absolute Gasteiger partial charge is 0.123 e. The number of fused-ring (bicyclic) bond motifs is 5. The van der Waals surface area contributed by atoms with Gasteiger partial charge in [-0.1, -0.05) is 109 Å². The van der Waals surface area contributed by atoms with Crippen LogP contribution >= 0.6 is 0 Å². The first-order chi connectivity index (χ1) is 17.7. The molecule has 0 atom stereocenters. The van der Waals surface area contributed by atoms with E-state index >= 15 is 0 Å². The van der Waals surface area contributed by atoms with Gasteiger partial charge in [-0.05, 0) is 66.7 Å². The standard InChI is InChI=1S/C34H22O2/c35-31-19-7-13-23-25(31)15-5-17-29(23)33-27-11-3-1-9-21(27)22-10-2-4-12-28(22)34(33)30-18-6-16-26-24(30)14-8-20-32(26)36/h1-20,35-36H. The number of aromatic hydroxyl groups is 2. The van der Waals surface area contributed by atoms with Gasteiger partial charge in [0.25, 0.3) is 0 Å². The average Bonchev–Trinajstić information content (AvgIpc) is 2.92. The predicted molar refractivity (Wildman–Crippen MR) is 151 cm³/mol. The van der Waals surface area contributed by atoms with Crippen LogP contribution in [0.15, 0.2) is 121 Å². The largest absolute Gasteiger partial charge is 0.507 e. The fraction of sp³-hybridized carbons (Fsp3) is 0. The highest BCUT2D eigenvalue weighted by Gasteiger charge is 2.20. The van der Waals surface area contributed by atoms with Crippen molar-refractivity contribution in [2.24, 2.45) is 0 Å². The zero-order valence-electron chi connectivity index (χ0n) is 19.4. The maximum atomic E-state index is 10.7. The van der Waals surface area contributed by atoms with Crippen LogP contribution in [0.2, 0.25) is 0 Å². The van der Waals surface area contributed by atoms with Crippen molar-refractivity contribution in [1.29, 1.82) is 0 Å². The molecule has 0 aliphatic heterocycles. The maximum Gasteiger partial charge on any atom is 0.123 e. The lowest BCUT2D eigenvalue weighted by Gasteiger charge is -2.21. The zero-order chi connectivity index (χ0) is 24.2. The summed E-state index contributed by atoms with van der Waals surface area (Å²) in [4.78, 5) is 0. The zero-order valence-corrected chi connectivity index (χ0v) is 19.4. The van der Waals surface area contributed by atoms with Crippen LogP contribution < -0.4 is 0 Å². The minimum Gasteiger partial charge on any atom is -0.507 e. The molecule has 2 heteroatoms. The van der Waals surface area contributed by atoms with Gasteiger partial charge in [-0.2, -0.15) is 0 Å². The summed E-state index contributed by atoms with van der Waals surface area (Å²) in [5.41, 5.74) is 4.38. The molecule has 0 aliphatic rings. The number of rotatable bonds is 2. The van der Waals surface area contributed by atoms with Gasteiger partial charge >= 0.3 is 0 Å². The molecule has 0 saturated heterocycles. The summed E-state index contributed by atoms with van der Waals surface area (Å²) in [5, 5.41) is 29.7. The molecule has 170 valence electrons. The van der Waals surface area contributed by atoms with E-state index in [-0.39, 0.29) is 11.5 Å². The van der Waals surface area contributed by atoms with Crippen LogP contribution in [-0.2, 0) is 0 Å². The Bertz CT molecular complexity index is 1820. The molecule has 36 heavy (non-hydrogen) atoms. The van der Waals surface area contributed by atoms with Crippen LogP contribution in [0.1, 0.15) is 0 Å². The molecular weight excluding hydrogens is 440 g/mol. The Hall–Kier alpha value is -4.82. The third-order valence-electron chi connectivity index (χ3n) is 7.27. The molecule has 0 unspecified atom stereocenters. The van der Waals surface area contributed by atoms with Gasteiger partial charge in [-0.15, -0.1) is 0 Å². The Balaban J connectivity index is 1.77. The molecule has 0 spiro atoms. The SMILES string of the molecule is Oc1cccc2c(-c3c(-c4cccc5c(O)cccc45)c4ccccc4c4ccccc34)cccc12. The van der Waals surface area contributed by atoms with Crippen LogP contribution in [-0.4, -0.2) is 10.2 Å². The number of phenolic OH excluding ortho intramolecular Hbond substituents is 2. The molecule has 2 N–H and O–H groups in total. The Morgan fingerprint density at radius 3 is 1.06 bits per heavy atom. The van der Waals surface area contributed by atoms with Gasteiger partial charge in [0.2, 0.25) is 0 Å². The molecule has 7 aromatic rings. The molecule has 0 heterocycles. The lowest BCUT2D eigenvalue weighted by Crippen LogP contribution is -1.93. The molecule has 0 amide bonds. The predicted octanol–water partition coefficient (Wildman–Crippen LogP) is 9.04. The summed E-state index contributed by atoms with van der Waals surface area (Å²) in [6.07, 6.45) is 0. The van der Waals surface area contributed by atoms with Gasteiger partial charge < -0.3 is 10.2 Å². The third kappa shape index (κ3) is 2.91. The molecule has 0 bridgehead atoms. The van der Waals surface area contributed by atoms with Crippen LogP contribution in [0.3, 0.4) is 0 Å². The minimum atomic E-state index is 0.274. The van der Waals surface area contributed by atoms with Crippen molar-refractivity contribution in [1.82, 2.24) is 0 Å². The lowest BCUT2D eigenvalue weighted by molar-refractivity contribution is 0.481. The van der Waals surface area contributed by atoms with Crippen molar-refractivity contribution < 1.29 is 10.2 Å².